The molecule has 1 fully saturated rings. The monoisotopic (exact) mass is 333 g/mol. The smallest absolute Gasteiger partial charge is 0.316 e. The van der Waals surface area contributed by atoms with Gasteiger partial charge in [0.25, 0.3) is 5.24 Å². The van der Waals surface area contributed by atoms with Crippen LogP contribution in [0.15, 0.2) is 24.3 Å². The molecule has 0 bridgehead atoms. The van der Waals surface area contributed by atoms with Crippen LogP contribution in [0, 0.1) is 0 Å². The Morgan fingerprint density at radius 2 is 2.00 bits per heavy atom. The third-order valence-corrected chi connectivity index (χ3v) is 4.65. The van der Waals surface area contributed by atoms with E-state index < -0.39 is 11.8 Å². The van der Waals surface area contributed by atoms with Crippen LogP contribution in [0.1, 0.15) is 5.56 Å². The third kappa shape index (κ3) is 3.07. The lowest BCUT2D eigenvalue weighted by Crippen LogP contribution is -2.45. The van der Waals surface area contributed by atoms with Gasteiger partial charge >= 0.3 is 11.8 Å². The van der Waals surface area contributed by atoms with Gasteiger partial charge in [0.1, 0.15) is 0 Å². The van der Waals surface area contributed by atoms with E-state index in [9.17, 15) is 19.2 Å². The van der Waals surface area contributed by atoms with Gasteiger partial charge in [-0.3, -0.25) is 24.1 Å². The number of hydrogen-bond acceptors (Lipinski definition) is 5. The van der Waals surface area contributed by atoms with Gasteiger partial charge < -0.3 is 10.2 Å². The maximum Gasteiger partial charge on any atom is 0.316 e. The standard InChI is InChI=1S/C15H15N3O4S/c19-12-9-23-15(22)18(12)8-6-16-13(20)14(21)17-7-5-10-3-1-2-4-11(10)17/h1-4H,5-9H2,(H,16,20). The van der Waals surface area contributed by atoms with Crippen molar-refractivity contribution in [3.05, 3.63) is 29.8 Å². The summed E-state index contributed by atoms with van der Waals surface area (Å²) in [5, 5.41) is 2.16. The van der Waals surface area contributed by atoms with Crippen molar-refractivity contribution in [2.75, 3.05) is 30.3 Å². The lowest BCUT2D eigenvalue weighted by molar-refractivity contribution is -0.137. The second kappa shape index (κ2) is 6.41. The van der Waals surface area contributed by atoms with Crippen LogP contribution in [-0.4, -0.2) is 53.2 Å². The molecule has 1 N–H and O–H groups in total. The van der Waals surface area contributed by atoms with Gasteiger partial charge in [-0.1, -0.05) is 30.0 Å². The highest BCUT2D eigenvalue weighted by molar-refractivity contribution is 8.14. The van der Waals surface area contributed by atoms with Crippen molar-refractivity contribution in [2.24, 2.45) is 0 Å². The quantitative estimate of drug-likeness (QED) is 0.809. The van der Waals surface area contributed by atoms with Crippen LogP contribution in [0.4, 0.5) is 10.5 Å². The van der Waals surface area contributed by atoms with Gasteiger partial charge in [-0.15, -0.1) is 0 Å². The Labute approximate surface area is 137 Å². The molecule has 2 aliphatic rings. The number of hydrogen-bond donors (Lipinski definition) is 1. The average Bonchev–Trinajstić information content (AvgIpc) is 3.12. The zero-order valence-corrected chi connectivity index (χ0v) is 13.1. The van der Waals surface area contributed by atoms with E-state index in [0.29, 0.717) is 6.54 Å². The van der Waals surface area contributed by atoms with Crippen molar-refractivity contribution in [2.45, 2.75) is 6.42 Å². The van der Waals surface area contributed by atoms with Gasteiger partial charge in [0.05, 0.1) is 5.75 Å². The summed E-state index contributed by atoms with van der Waals surface area (Å²) < 4.78 is 0. The number of thioether (sulfide) groups is 1. The second-order valence-electron chi connectivity index (χ2n) is 5.19. The molecule has 0 saturated carbocycles. The lowest BCUT2D eigenvalue weighted by atomic mass is 10.2. The first-order chi connectivity index (χ1) is 11.1. The molecule has 8 heteroatoms. The Balaban J connectivity index is 1.54. The van der Waals surface area contributed by atoms with Gasteiger partial charge in [0, 0.05) is 25.3 Å². The maximum absolute atomic E-state index is 12.2. The molecular weight excluding hydrogens is 318 g/mol. The first kappa shape index (κ1) is 15.5. The van der Waals surface area contributed by atoms with Crippen molar-refractivity contribution in [3.8, 4) is 0 Å². The number of nitrogens with one attached hydrogen (secondary N) is 1. The van der Waals surface area contributed by atoms with Crippen molar-refractivity contribution in [3.63, 3.8) is 0 Å². The van der Waals surface area contributed by atoms with Crippen LogP contribution in [0.5, 0.6) is 0 Å². The number of carbonyl (C=O) groups is 4. The largest absolute Gasteiger partial charge is 0.346 e. The molecule has 2 heterocycles. The molecule has 0 aliphatic carbocycles. The summed E-state index contributed by atoms with van der Waals surface area (Å²) in [5.74, 6) is -1.48. The highest BCUT2D eigenvalue weighted by Crippen LogP contribution is 2.27. The Kier molecular flexibility index (Phi) is 4.33. The minimum atomic E-state index is -0.728. The molecule has 23 heavy (non-hydrogen) atoms. The van der Waals surface area contributed by atoms with Gasteiger partial charge in [-0.25, -0.2) is 0 Å². The molecule has 1 aromatic rings. The Hall–Kier alpha value is -2.35. The van der Waals surface area contributed by atoms with Crippen LogP contribution in [0.3, 0.4) is 0 Å². The highest BCUT2D eigenvalue weighted by Gasteiger charge is 2.31. The topological polar surface area (TPSA) is 86.8 Å². The van der Waals surface area contributed by atoms with Crippen molar-refractivity contribution >= 4 is 40.4 Å². The van der Waals surface area contributed by atoms with Gasteiger partial charge in [0.2, 0.25) is 5.91 Å². The van der Waals surface area contributed by atoms with Crippen molar-refractivity contribution in [1.29, 1.82) is 0 Å². The summed E-state index contributed by atoms with van der Waals surface area (Å²) in [6, 6.07) is 7.47. The van der Waals surface area contributed by atoms with Crippen LogP contribution >= 0.6 is 11.8 Å². The van der Waals surface area contributed by atoms with E-state index in [1.807, 2.05) is 24.3 Å². The molecular formula is C15H15N3O4S. The van der Waals surface area contributed by atoms with Crippen molar-refractivity contribution in [1.82, 2.24) is 10.2 Å². The number of rotatable bonds is 3. The molecule has 0 unspecified atom stereocenters. The predicted octanol–water partition coefficient (Wildman–Crippen LogP) is 0.387. The molecule has 1 aromatic carbocycles. The molecule has 2 aliphatic heterocycles. The molecule has 7 nitrogen and oxygen atoms in total. The molecule has 4 amide bonds. The number of fused-ring (bicyclic) bond motifs is 1. The van der Waals surface area contributed by atoms with E-state index in [1.165, 1.54) is 4.90 Å². The number of imide groups is 1. The predicted molar refractivity (Wildman–Crippen MR) is 85.1 cm³/mol. The molecule has 0 aromatic heterocycles. The number of carbonyl (C=O) groups excluding carboxylic acids is 4. The number of para-hydroxylation sites is 1. The Morgan fingerprint density at radius 1 is 1.22 bits per heavy atom. The number of amides is 4. The van der Waals surface area contributed by atoms with E-state index >= 15 is 0 Å². The zero-order valence-electron chi connectivity index (χ0n) is 12.3. The van der Waals surface area contributed by atoms with E-state index in [1.54, 1.807) is 0 Å². The van der Waals surface area contributed by atoms with Crippen molar-refractivity contribution < 1.29 is 19.2 Å². The molecule has 1 saturated heterocycles. The third-order valence-electron chi connectivity index (χ3n) is 3.79. The first-order valence-electron chi connectivity index (χ1n) is 7.22. The normalized spacial score (nSPS) is 16.7. The van der Waals surface area contributed by atoms with E-state index in [2.05, 4.69) is 5.32 Å². The number of anilines is 1. The Bertz CT molecular complexity index is 675. The van der Waals surface area contributed by atoms with Gasteiger partial charge in [-0.05, 0) is 18.1 Å². The molecule has 0 atom stereocenters. The van der Waals surface area contributed by atoms with Crippen LogP contribution in [0.2, 0.25) is 0 Å². The minimum Gasteiger partial charge on any atom is -0.346 e. The summed E-state index contributed by atoms with van der Waals surface area (Å²) in [4.78, 5) is 49.6. The van der Waals surface area contributed by atoms with Crippen LogP contribution in [0.25, 0.3) is 0 Å². The fraction of sp³-hybridized carbons (Fsp3) is 0.333. The first-order valence-corrected chi connectivity index (χ1v) is 8.21. The highest BCUT2D eigenvalue weighted by atomic mass is 32.2. The zero-order chi connectivity index (χ0) is 16.4. The lowest BCUT2D eigenvalue weighted by Gasteiger charge is -2.17. The SMILES string of the molecule is O=C(NCCN1C(=O)CSC1=O)C(=O)N1CCc2ccccc21. The van der Waals surface area contributed by atoms with Gasteiger partial charge in [0.15, 0.2) is 0 Å². The van der Waals surface area contributed by atoms with Crippen LogP contribution < -0.4 is 10.2 Å². The number of benzene rings is 1. The Morgan fingerprint density at radius 3 is 2.74 bits per heavy atom. The molecule has 120 valence electrons. The summed E-state index contributed by atoms with van der Waals surface area (Å²) in [5.41, 5.74) is 1.80. The van der Waals surface area contributed by atoms with Crippen LogP contribution in [-0.2, 0) is 20.8 Å². The van der Waals surface area contributed by atoms with Gasteiger partial charge in [-0.2, -0.15) is 0 Å². The molecule has 0 radical (unpaired) electrons. The summed E-state index contributed by atoms with van der Waals surface area (Å²) in [6.45, 7) is 0.629. The fourth-order valence-corrected chi connectivity index (χ4v) is 3.38. The van der Waals surface area contributed by atoms with E-state index in [-0.39, 0.29) is 30.0 Å². The average molecular weight is 333 g/mol. The number of nitrogens with zero attached hydrogens (tertiary/aromatic N) is 2. The van der Waals surface area contributed by atoms with E-state index in [0.717, 1.165) is 34.3 Å². The fourth-order valence-electron chi connectivity index (χ4n) is 2.63. The molecule has 0 spiro atoms. The molecule has 3 rings (SSSR count). The summed E-state index contributed by atoms with van der Waals surface area (Å²) in [6.07, 6.45) is 0.725. The summed E-state index contributed by atoms with van der Waals surface area (Å²) in [7, 11) is 0. The summed E-state index contributed by atoms with van der Waals surface area (Å²) >= 11 is 0.941. The maximum atomic E-state index is 12.2. The second-order valence-corrected chi connectivity index (χ2v) is 6.12. The van der Waals surface area contributed by atoms with E-state index in [4.69, 9.17) is 0 Å². The minimum absolute atomic E-state index is 0.0676.